The van der Waals surface area contributed by atoms with Crippen LogP contribution in [0.5, 0.6) is 0 Å². The third-order valence-corrected chi connectivity index (χ3v) is 13.4. The first-order valence-electron chi connectivity index (χ1n) is 23.1. The number of anilines is 2. The molecule has 0 unspecified atom stereocenters. The van der Waals surface area contributed by atoms with Crippen molar-refractivity contribution in [1.29, 1.82) is 0 Å². The van der Waals surface area contributed by atoms with Crippen molar-refractivity contribution in [2.75, 3.05) is 37.5 Å². The summed E-state index contributed by atoms with van der Waals surface area (Å²) in [6.07, 6.45) is 3.30. The van der Waals surface area contributed by atoms with Crippen molar-refractivity contribution in [1.82, 2.24) is 30.4 Å². The van der Waals surface area contributed by atoms with E-state index in [1.807, 2.05) is 44.7 Å². The number of imidazole rings is 1. The van der Waals surface area contributed by atoms with Crippen molar-refractivity contribution in [2.45, 2.75) is 129 Å². The third-order valence-electron chi connectivity index (χ3n) is 13.4. The van der Waals surface area contributed by atoms with Gasteiger partial charge in [0.15, 0.2) is 0 Å². The second kappa shape index (κ2) is 19.5. The molecule has 3 fully saturated rings. The van der Waals surface area contributed by atoms with E-state index in [2.05, 4.69) is 101 Å². The van der Waals surface area contributed by atoms with Crippen molar-refractivity contribution in [2.24, 2.45) is 11.8 Å². The quantitative estimate of drug-likeness (QED) is 0.109. The number of hydrogen-bond acceptors (Lipinski definition) is 9. The van der Waals surface area contributed by atoms with Gasteiger partial charge in [-0.15, -0.1) is 0 Å². The second-order valence-electron chi connectivity index (χ2n) is 19.4. The largest absolute Gasteiger partial charge is 0.453 e. The minimum atomic E-state index is -0.807. The number of ether oxygens (including phenoxy) is 2. The van der Waals surface area contributed by atoms with Gasteiger partial charge in [0.25, 0.3) is 0 Å². The molecule has 4 N–H and O–H groups in total. The molecule has 0 aliphatic carbocycles. The number of fused-ring (bicyclic) bond motifs is 1. The van der Waals surface area contributed by atoms with Crippen LogP contribution in [0.1, 0.15) is 128 Å². The van der Waals surface area contributed by atoms with E-state index in [0.29, 0.717) is 31.6 Å². The molecular formula is C50H66N8O7. The summed E-state index contributed by atoms with van der Waals surface area (Å²) < 4.78 is 9.57. The van der Waals surface area contributed by atoms with Crippen LogP contribution in [0.2, 0.25) is 0 Å². The Kier molecular flexibility index (Phi) is 14.1. The predicted octanol–water partition coefficient (Wildman–Crippen LogP) is 8.30. The fraction of sp³-hybridized carbons (Fsp3) is 0.520. The fourth-order valence-electron chi connectivity index (χ4n) is 9.76. The Labute approximate surface area is 382 Å². The van der Waals surface area contributed by atoms with Gasteiger partial charge in [0.1, 0.15) is 23.9 Å². The van der Waals surface area contributed by atoms with Crippen LogP contribution in [0.15, 0.2) is 66.7 Å². The monoisotopic (exact) mass is 891 g/mol. The number of alkyl carbamates (subject to hydrolysis) is 2. The molecule has 6 atom stereocenters. The summed E-state index contributed by atoms with van der Waals surface area (Å²) in [4.78, 5) is 79.8. The average Bonchev–Trinajstić information content (AvgIpc) is 4.12. The topological polar surface area (TPSA) is 178 Å². The van der Waals surface area contributed by atoms with Crippen LogP contribution < -0.4 is 20.9 Å². The van der Waals surface area contributed by atoms with Crippen LogP contribution in [-0.2, 0) is 29.3 Å². The highest BCUT2D eigenvalue weighted by atomic mass is 16.5. The number of rotatable bonds is 12. The summed E-state index contributed by atoms with van der Waals surface area (Å²) >= 11 is 0. The lowest BCUT2D eigenvalue weighted by Gasteiger charge is -2.34. The summed E-state index contributed by atoms with van der Waals surface area (Å²) in [5, 5.41) is 8.43. The number of likely N-dealkylation sites (tertiary alicyclic amines) is 2. The molecule has 0 radical (unpaired) electrons. The summed E-state index contributed by atoms with van der Waals surface area (Å²) in [5.41, 5.74) is 7.00. The Morgan fingerprint density at radius 3 is 1.83 bits per heavy atom. The zero-order chi connectivity index (χ0) is 46.7. The molecule has 15 nitrogen and oxygen atoms in total. The van der Waals surface area contributed by atoms with Crippen molar-refractivity contribution in [3.8, 4) is 0 Å². The van der Waals surface area contributed by atoms with Gasteiger partial charge < -0.3 is 45.1 Å². The van der Waals surface area contributed by atoms with Crippen LogP contribution >= 0.6 is 0 Å². The minimum absolute atomic E-state index is 0.00205. The van der Waals surface area contributed by atoms with Gasteiger partial charge in [-0.1, -0.05) is 78.8 Å². The van der Waals surface area contributed by atoms with Gasteiger partial charge in [0.05, 0.1) is 43.4 Å². The molecule has 3 aliphatic heterocycles. The number of hydrogen-bond donors (Lipinski definition) is 4. The van der Waals surface area contributed by atoms with Gasteiger partial charge >= 0.3 is 12.2 Å². The zero-order valence-electron chi connectivity index (χ0n) is 39.3. The molecule has 1 aromatic heterocycles. The first kappa shape index (κ1) is 46.9. The SMILES string of the molecule is COC(=O)N[C@H](C(=O)N1CCC[C@H]1C(=O)Nc1ccc([C@H]2CC[C@H](c3ccc4nc([C@@H]5CCCN5C(=O)[C@@H](NC(=O)OC)C(C)C)[nH]c4c3)N2c2ccc(C(C)(C)C)cc2)cc1)C(C)C. The van der Waals surface area contributed by atoms with E-state index >= 15 is 0 Å². The maximum Gasteiger partial charge on any atom is 0.407 e. The van der Waals surface area contributed by atoms with Gasteiger partial charge in [-0.2, -0.15) is 0 Å². The Hall–Kier alpha value is -6.12. The Bertz CT molecular complexity index is 2360. The number of aromatic amines is 1. The molecular weight excluding hydrogens is 825 g/mol. The van der Waals surface area contributed by atoms with E-state index in [0.717, 1.165) is 59.4 Å². The standard InChI is InChI=1S/C50H66N8O7/c1-29(2)42(54-48(62)64-8)46(60)56-26-10-12-40(56)44-52-36-23-16-32(28-37(36)53-44)39-25-24-38(58(39)35-21-17-33(18-22-35)50(5,6)7)31-14-19-34(20-15-31)51-45(59)41-13-11-27-57(41)47(61)43(30(3)4)55-49(63)65-9/h14-23,28-30,38-43H,10-13,24-27H2,1-9H3,(H,51,59)(H,52,53)(H,54,62)(H,55,63)/t38-,39-,40+,41+,42+,43+/m1/s1. The lowest BCUT2D eigenvalue weighted by atomic mass is 9.87. The summed E-state index contributed by atoms with van der Waals surface area (Å²) in [5.74, 6) is -0.288. The van der Waals surface area contributed by atoms with E-state index in [1.165, 1.54) is 19.8 Å². The molecule has 4 heterocycles. The Morgan fingerprint density at radius 2 is 1.25 bits per heavy atom. The number of methoxy groups -OCH3 is 2. The van der Waals surface area contributed by atoms with Gasteiger partial charge in [-0.3, -0.25) is 14.4 Å². The number of aromatic nitrogens is 2. The number of carbonyl (C=O) groups excluding carboxylic acids is 5. The van der Waals surface area contributed by atoms with Crippen molar-refractivity contribution in [3.05, 3.63) is 89.2 Å². The number of nitrogens with one attached hydrogen (secondary N) is 4. The normalized spacial score (nSPS) is 20.9. The molecule has 0 spiro atoms. The van der Waals surface area contributed by atoms with Gasteiger partial charge in [-0.05, 0) is 109 Å². The smallest absolute Gasteiger partial charge is 0.407 e. The molecule has 0 bridgehead atoms. The highest BCUT2D eigenvalue weighted by Crippen LogP contribution is 2.48. The van der Waals surface area contributed by atoms with Gasteiger partial charge in [0.2, 0.25) is 17.7 Å². The molecule has 5 amide bonds. The average molecular weight is 891 g/mol. The molecule has 7 rings (SSSR count). The highest BCUT2D eigenvalue weighted by molar-refractivity contribution is 5.98. The molecule has 3 saturated heterocycles. The van der Waals surface area contributed by atoms with E-state index in [1.54, 1.807) is 4.90 Å². The lowest BCUT2D eigenvalue weighted by molar-refractivity contribution is -0.139. The minimum Gasteiger partial charge on any atom is -0.453 e. The fourth-order valence-corrected chi connectivity index (χ4v) is 9.76. The predicted molar refractivity (Wildman–Crippen MR) is 250 cm³/mol. The number of carbonyl (C=O) groups is 5. The highest BCUT2D eigenvalue weighted by Gasteiger charge is 2.41. The number of H-pyrrole nitrogens is 1. The number of amides is 5. The van der Waals surface area contributed by atoms with Crippen LogP contribution in [0.3, 0.4) is 0 Å². The molecule has 15 heteroatoms. The Balaban J connectivity index is 1.12. The molecule has 4 aromatic rings. The maximum absolute atomic E-state index is 13.9. The summed E-state index contributed by atoms with van der Waals surface area (Å²) in [6.45, 7) is 15.2. The molecule has 3 aromatic carbocycles. The Morgan fingerprint density at radius 1 is 0.692 bits per heavy atom. The molecule has 348 valence electrons. The van der Waals surface area contributed by atoms with Crippen LogP contribution in [0.25, 0.3) is 11.0 Å². The number of benzene rings is 3. The van der Waals surface area contributed by atoms with Crippen LogP contribution in [-0.4, -0.2) is 95.1 Å². The van der Waals surface area contributed by atoms with Crippen LogP contribution in [0, 0.1) is 11.8 Å². The third kappa shape index (κ3) is 10.1. The van der Waals surface area contributed by atoms with E-state index < -0.39 is 30.3 Å². The second-order valence-corrected chi connectivity index (χ2v) is 19.4. The summed E-state index contributed by atoms with van der Waals surface area (Å²) in [6, 6.07) is 21.0. The number of nitrogens with zero attached hydrogens (tertiary/aromatic N) is 4. The van der Waals surface area contributed by atoms with E-state index in [-0.39, 0.29) is 53.1 Å². The van der Waals surface area contributed by atoms with E-state index in [4.69, 9.17) is 14.5 Å². The van der Waals surface area contributed by atoms with Crippen molar-refractivity contribution < 1.29 is 33.4 Å². The van der Waals surface area contributed by atoms with Gasteiger partial charge in [0, 0.05) is 24.5 Å². The molecule has 0 saturated carbocycles. The van der Waals surface area contributed by atoms with Crippen molar-refractivity contribution in [3.63, 3.8) is 0 Å². The summed E-state index contributed by atoms with van der Waals surface area (Å²) in [7, 11) is 2.55. The molecule has 3 aliphatic rings. The lowest BCUT2D eigenvalue weighted by Crippen LogP contribution is -2.54. The molecule has 65 heavy (non-hydrogen) atoms. The first-order chi connectivity index (χ1) is 31.0. The zero-order valence-corrected chi connectivity index (χ0v) is 39.3. The maximum atomic E-state index is 13.9. The van der Waals surface area contributed by atoms with Crippen LogP contribution in [0.4, 0.5) is 21.0 Å². The first-order valence-corrected chi connectivity index (χ1v) is 23.1. The van der Waals surface area contributed by atoms with E-state index in [9.17, 15) is 24.0 Å². The van der Waals surface area contributed by atoms with Crippen molar-refractivity contribution >= 4 is 52.3 Å². The van der Waals surface area contributed by atoms with Gasteiger partial charge in [-0.25, -0.2) is 14.6 Å².